The second kappa shape index (κ2) is 7.60. The molecule has 0 bridgehead atoms. The molecule has 3 atom stereocenters. The molecule has 0 spiro atoms. The summed E-state index contributed by atoms with van der Waals surface area (Å²) in [7, 11) is 0. The first kappa shape index (κ1) is 15.3. The highest BCUT2D eigenvalue weighted by molar-refractivity contribution is 5.72. The number of hydrogen-bond donors (Lipinski definition) is 2. The van der Waals surface area contributed by atoms with Crippen molar-refractivity contribution < 1.29 is 24.5 Å². The van der Waals surface area contributed by atoms with E-state index in [1.165, 1.54) is 0 Å². The lowest BCUT2D eigenvalue weighted by atomic mass is 10.1. The number of rotatable bonds is 3. The Bertz CT molecular complexity index is 203. The van der Waals surface area contributed by atoms with Crippen LogP contribution in [0.4, 0.5) is 0 Å². The largest absolute Gasteiger partial charge is 0.479 e. The topological polar surface area (TPSA) is 76.0 Å². The standard InChI is InChI=1S/C9H16O5.C2H6/c1-5(2)13-8-4-6(10)3-7(14-8)9(11)12;1-2/h5-8,10H,3-4H2,1-2H3,(H,11,12);1-2H3/t6-,7?,8?;/m0./s1. The number of carboxylic acid groups (broad SMARTS) is 1. The van der Waals surface area contributed by atoms with Crippen LogP contribution in [0.2, 0.25) is 0 Å². The van der Waals surface area contributed by atoms with Crippen LogP contribution in [0.5, 0.6) is 0 Å². The highest BCUT2D eigenvalue weighted by Crippen LogP contribution is 2.21. The Labute approximate surface area is 96.4 Å². The van der Waals surface area contributed by atoms with Crippen LogP contribution in [0.25, 0.3) is 0 Å². The summed E-state index contributed by atoms with van der Waals surface area (Å²) in [6.07, 6.45) is -1.80. The molecule has 1 rings (SSSR count). The van der Waals surface area contributed by atoms with Crippen LogP contribution < -0.4 is 0 Å². The molecule has 0 aromatic heterocycles. The molecule has 1 aliphatic heterocycles. The minimum absolute atomic E-state index is 0.0419. The van der Waals surface area contributed by atoms with Crippen LogP contribution in [0.3, 0.4) is 0 Å². The molecule has 0 saturated carbocycles. The van der Waals surface area contributed by atoms with Crippen molar-refractivity contribution >= 4 is 5.97 Å². The van der Waals surface area contributed by atoms with Crippen LogP contribution >= 0.6 is 0 Å². The average molecular weight is 234 g/mol. The monoisotopic (exact) mass is 234 g/mol. The van der Waals surface area contributed by atoms with Gasteiger partial charge in [-0.15, -0.1) is 0 Å². The van der Waals surface area contributed by atoms with Gasteiger partial charge in [0.1, 0.15) is 0 Å². The molecule has 0 aliphatic carbocycles. The fourth-order valence-electron chi connectivity index (χ4n) is 1.41. The summed E-state index contributed by atoms with van der Waals surface area (Å²) in [5.41, 5.74) is 0. The van der Waals surface area contributed by atoms with Crippen LogP contribution in [-0.4, -0.2) is 40.8 Å². The predicted molar refractivity (Wildman–Crippen MR) is 59.1 cm³/mol. The van der Waals surface area contributed by atoms with E-state index in [9.17, 15) is 9.90 Å². The normalized spacial score (nSPS) is 29.5. The van der Waals surface area contributed by atoms with Gasteiger partial charge in [-0.25, -0.2) is 4.79 Å². The Morgan fingerprint density at radius 1 is 1.38 bits per heavy atom. The Hall–Kier alpha value is -0.650. The molecule has 0 radical (unpaired) electrons. The second-order valence-electron chi connectivity index (χ2n) is 3.70. The smallest absolute Gasteiger partial charge is 0.333 e. The van der Waals surface area contributed by atoms with E-state index in [-0.39, 0.29) is 12.5 Å². The van der Waals surface area contributed by atoms with Crippen LogP contribution in [0.15, 0.2) is 0 Å². The summed E-state index contributed by atoms with van der Waals surface area (Å²) in [6, 6.07) is 0. The van der Waals surface area contributed by atoms with Crippen molar-refractivity contribution in [2.75, 3.05) is 0 Å². The van der Waals surface area contributed by atoms with E-state index in [2.05, 4.69) is 0 Å². The second-order valence-corrected chi connectivity index (χ2v) is 3.70. The van der Waals surface area contributed by atoms with E-state index in [4.69, 9.17) is 14.6 Å². The molecule has 5 nitrogen and oxygen atoms in total. The Morgan fingerprint density at radius 3 is 2.38 bits per heavy atom. The molecule has 2 unspecified atom stereocenters. The van der Waals surface area contributed by atoms with Crippen molar-refractivity contribution in [1.82, 2.24) is 0 Å². The van der Waals surface area contributed by atoms with Gasteiger partial charge in [-0.05, 0) is 13.8 Å². The van der Waals surface area contributed by atoms with E-state index < -0.39 is 24.5 Å². The third-order valence-electron chi connectivity index (χ3n) is 1.97. The Morgan fingerprint density at radius 2 is 1.94 bits per heavy atom. The van der Waals surface area contributed by atoms with Gasteiger partial charge in [-0.1, -0.05) is 13.8 Å². The third-order valence-corrected chi connectivity index (χ3v) is 1.97. The number of aliphatic carboxylic acids is 1. The molecule has 0 aromatic rings. The number of hydrogen-bond acceptors (Lipinski definition) is 4. The summed E-state index contributed by atoms with van der Waals surface area (Å²) in [5, 5.41) is 18.1. The van der Waals surface area contributed by atoms with Crippen LogP contribution in [0, 0.1) is 0 Å². The Kier molecular flexibility index (Phi) is 7.29. The molecule has 1 fully saturated rings. The first-order valence-electron chi connectivity index (χ1n) is 5.71. The zero-order valence-corrected chi connectivity index (χ0v) is 10.3. The zero-order chi connectivity index (χ0) is 12.7. The van der Waals surface area contributed by atoms with E-state index in [1.807, 2.05) is 27.7 Å². The van der Waals surface area contributed by atoms with Gasteiger partial charge in [0, 0.05) is 12.8 Å². The summed E-state index contributed by atoms with van der Waals surface area (Å²) in [5.74, 6) is -1.05. The number of carbonyl (C=O) groups is 1. The van der Waals surface area contributed by atoms with Gasteiger partial charge in [-0.3, -0.25) is 0 Å². The molecule has 2 N–H and O–H groups in total. The molecule has 0 amide bonds. The zero-order valence-electron chi connectivity index (χ0n) is 10.3. The predicted octanol–water partition coefficient (Wildman–Crippen LogP) is 1.39. The quantitative estimate of drug-likeness (QED) is 0.771. The van der Waals surface area contributed by atoms with Gasteiger partial charge >= 0.3 is 5.97 Å². The number of carboxylic acids is 1. The molecular formula is C11H22O5. The molecule has 96 valence electrons. The van der Waals surface area contributed by atoms with Crippen molar-refractivity contribution in [1.29, 1.82) is 0 Å². The lowest BCUT2D eigenvalue weighted by Crippen LogP contribution is -2.41. The minimum atomic E-state index is -1.05. The van der Waals surface area contributed by atoms with Crippen LogP contribution in [-0.2, 0) is 14.3 Å². The van der Waals surface area contributed by atoms with Crippen molar-refractivity contribution in [3.8, 4) is 0 Å². The summed E-state index contributed by atoms with van der Waals surface area (Å²) in [4.78, 5) is 10.6. The van der Waals surface area contributed by atoms with Crippen LogP contribution in [0.1, 0.15) is 40.5 Å². The molecule has 16 heavy (non-hydrogen) atoms. The maximum Gasteiger partial charge on any atom is 0.333 e. The molecule has 1 aliphatic rings. The highest BCUT2D eigenvalue weighted by Gasteiger charge is 2.33. The van der Waals surface area contributed by atoms with Crippen molar-refractivity contribution in [3.05, 3.63) is 0 Å². The summed E-state index contributed by atoms with van der Waals surface area (Å²) >= 11 is 0. The van der Waals surface area contributed by atoms with Gasteiger partial charge in [0.25, 0.3) is 0 Å². The fraction of sp³-hybridized carbons (Fsp3) is 0.909. The van der Waals surface area contributed by atoms with E-state index in [0.29, 0.717) is 6.42 Å². The maximum absolute atomic E-state index is 10.6. The Balaban J connectivity index is 0.00000106. The number of aliphatic hydroxyl groups excluding tert-OH is 1. The molecular weight excluding hydrogens is 212 g/mol. The molecule has 1 saturated heterocycles. The fourth-order valence-corrected chi connectivity index (χ4v) is 1.41. The lowest BCUT2D eigenvalue weighted by Gasteiger charge is -2.31. The van der Waals surface area contributed by atoms with Gasteiger partial charge in [0.05, 0.1) is 12.2 Å². The van der Waals surface area contributed by atoms with E-state index in [1.54, 1.807) is 0 Å². The van der Waals surface area contributed by atoms with Gasteiger partial charge in [0.15, 0.2) is 12.4 Å². The van der Waals surface area contributed by atoms with Gasteiger partial charge in [0.2, 0.25) is 0 Å². The SMILES string of the molecule is CC.CC(C)OC1C[C@@H](O)CC(C(=O)O)O1. The van der Waals surface area contributed by atoms with Crippen molar-refractivity contribution in [2.45, 2.75) is 65.1 Å². The minimum Gasteiger partial charge on any atom is -0.479 e. The van der Waals surface area contributed by atoms with Gasteiger partial charge in [-0.2, -0.15) is 0 Å². The molecule has 5 heteroatoms. The maximum atomic E-state index is 10.6. The number of aliphatic hydroxyl groups is 1. The first-order chi connectivity index (χ1) is 7.49. The highest BCUT2D eigenvalue weighted by atomic mass is 16.7. The van der Waals surface area contributed by atoms with E-state index in [0.717, 1.165) is 0 Å². The third kappa shape index (κ3) is 5.44. The lowest BCUT2D eigenvalue weighted by molar-refractivity contribution is -0.232. The molecule has 1 heterocycles. The van der Waals surface area contributed by atoms with Crippen molar-refractivity contribution in [2.24, 2.45) is 0 Å². The summed E-state index contributed by atoms with van der Waals surface area (Å²) < 4.78 is 10.4. The van der Waals surface area contributed by atoms with E-state index >= 15 is 0 Å². The van der Waals surface area contributed by atoms with Gasteiger partial charge < -0.3 is 19.7 Å². The molecule has 0 aromatic carbocycles. The van der Waals surface area contributed by atoms with Crippen molar-refractivity contribution in [3.63, 3.8) is 0 Å². The average Bonchev–Trinajstić information content (AvgIpc) is 2.18. The summed E-state index contributed by atoms with van der Waals surface area (Å²) in [6.45, 7) is 7.67. The number of ether oxygens (including phenoxy) is 2. The first-order valence-corrected chi connectivity index (χ1v) is 5.71.